The number of aliphatic carboxylic acids is 1. The van der Waals surface area contributed by atoms with Crippen molar-refractivity contribution in [3.05, 3.63) is 42.0 Å². The fraction of sp³-hybridized carbons (Fsp3) is 0.524. The number of nitrogens with one attached hydrogen (secondary N) is 1. The topological polar surface area (TPSA) is 84.9 Å². The summed E-state index contributed by atoms with van der Waals surface area (Å²) in [7, 11) is 0. The number of hydrogen-bond acceptors (Lipinski definition) is 4. The zero-order valence-corrected chi connectivity index (χ0v) is 15.6. The number of allylic oxidation sites excluding steroid dienone is 2. The van der Waals surface area contributed by atoms with Gasteiger partial charge in [-0.1, -0.05) is 38.1 Å². The average molecular weight is 371 g/mol. The quantitative estimate of drug-likeness (QED) is 0.794. The third-order valence-electron chi connectivity index (χ3n) is 5.72. The van der Waals surface area contributed by atoms with E-state index in [1.54, 1.807) is 6.07 Å². The van der Waals surface area contributed by atoms with Gasteiger partial charge in [-0.2, -0.15) is 0 Å². The molecule has 0 aromatic heterocycles. The molecule has 1 aromatic rings. The van der Waals surface area contributed by atoms with E-state index in [2.05, 4.69) is 19.2 Å². The maximum Gasteiger partial charge on any atom is 0.307 e. The van der Waals surface area contributed by atoms with E-state index in [9.17, 15) is 14.7 Å². The lowest BCUT2D eigenvalue weighted by Crippen LogP contribution is -2.36. The number of carbonyl (C=O) groups excluding carboxylic acids is 1. The first-order chi connectivity index (χ1) is 12.8. The van der Waals surface area contributed by atoms with Crippen LogP contribution in [0.4, 0.5) is 5.69 Å². The number of carboxylic acid groups (broad SMARTS) is 1. The van der Waals surface area contributed by atoms with Gasteiger partial charge in [0.15, 0.2) is 6.29 Å². The first-order valence-electron chi connectivity index (χ1n) is 9.39. The van der Waals surface area contributed by atoms with E-state index in [0.717, 1.165) is 12.0 Å². The molecule has 0 spiro atoms. The van der Waals surface area contributed by atoms with Gasteiger partial charge in [-0.25, -0.2) is 0 Å². The molecular formula is C21H25NO5. The summed E-state index contributed by atoms with van der Waals surface area (Å²) in [6.45, 7) is 5.38. The van der Waals surface area contributed by atoms with Gasteiger partial charge < -0.3 is 19.9 Å². The van der Waals surface area contributed by atoms with E-state index in [0.29, 0.717) is 18.9 Å². The van der Waals surface area contributed by atoms with Gasteiger partial charge >= 0.3 is 5.97 Å². The highest BCUT2D eigenvalue weighted by atomic mass is 16.7. The van der Waals surface area contributed by atoms with Gasteiger partial charge in [0.05, 0.1) is 25.0 Å². The maximum absolute atomic E-state index is 12.8. The fourth-order valence-electron chi connectivity index (χ4n) is 4.39. The molecule has 3 aliphatic rings. The van der Waals surface area contributed by atoms with Gasteiger partial charge in [0.2, 0.25) is 5.91 Å². The normalized spacial score (nSPS) is 31.8. The predicted molar refractivity (Wildman–Crippen MR) is 98.9 cm³/mol. The molecule has 1 aliphatic heterocycles. The van der Waals surface area contributed by atoms with Crippen LogP contribution in [-0.2, 0) is 19.1 Å². The molecule has 1 amide bonds. The summed E-state index contributed by atoms with van der Waals surface area (Å²) in [6.07, 6.45) is 4.21. The third-order valence-corrected chi connectivity index (χ3v) is 5.72. The minimum Gasteiger partial charge on any atom is -0.481 e. The van der Waals surface area contributed by atoms with Gasteiger partial charge in [-0.05, 0) is 30.4 Å². The van der Waals surface area contributed by atoms with Crippen molar-refractivity contribution >= 4 is 17.6 Å². The van der Waals surface area contributed by atoms with Gasteiger partial charge in [0, 0.05) is 16.7 Å². The monoisotopic (exact) mass is 371 g/mol. The van der Waals surface area contributed by atoms with Gasteiger partial charge in [-0.15, -0.1) is 0 Å². The summed E-state index contributed by atoms with van der Waals surface area (Å²) in [5.74, 6) is -2.33. The minimum atomic E-state index is -0.896. The Balaban J connectivity index is 1.46. The van der Waals surface area contributed by atoms with Gasteiger partial charge in [-0.3, -0.25) is 9.59 Å². The number of rotatable bonds is 4. The van der Waals surface area contributed by atoms with Gasteiger partial charge in [0.25, 0.3) is 0 Å². The Labute approximate surface area is 158 Å². The number of benzene rings is 1. The molecule has 144 valence electrons. The Hall–Kier alpha value is -2.18. The van der Waals surface area contributed by atoms with Crippen molar-refractivity contribution in [2.24, 2.45) is 29.1 Å². The average Bonchev–Trinajstić information content (AvgIpc) is 3.23. The first kappa shape index (κ1) is 18.2. The number of anilines is 1. The molecule has 6 heteroatoms. The van der Waals surface area contributed by atoms with E-state index >= 15 is 0 Å². The number of carbonyl (C=O) groups is 2. The fourth-order valence-corrected chi connectivity index (χ4v) is 4.39. The molecule has 0 radical (unpaired) electrons. The summed E-state index contributed by atoms with van der Waals surface area (Å²) in [4.78, 5) is 24.4. The molecule has 1 saturated carbocycles. The van der Waals surface area contributed by atoms with Crippen LogP contribution in [0.15, 0.2) is 36.4 Å². The van der Waals surface area contributed by atoms with E-state index in [1.165, 1.54) is 0 Å². The van der Waals surface area contributed by atoms with Crippen molar-refractivity contribution in [2.75, 3.05) is 18.5 Å². The van der Waals surface area contributed by atoms with E-state index in [-0.39, 0.29) is 23.2 Å². The second-order valence-corrected chi connectivity index (χ2v) is 8.57. The van der Waals surface area contributed by atoms with Crippen LogP contribution in [0.25, 0.3) is 0 Å². The van der Waals surface area contributed by atoms with Crippen molar-refractivity contribution in [1.29, 1.82) is 0 Å². The molecule has 2 N–H and O–H groups in total. The molecule has 2 bridgehead atoms. The van der Waals surface area contributed by atoms with E-state index in [4.69, 9.17) is 9.47 Å². The Morgan fingerprint density at radius 2 is 1.78 bits per heavy atom. The van der Waals surface area contributed by atoms with Gasteiger partial charge in [0.1, 0.15) is 0 Å². The zero-order chi connectivity index (χ0) is 19.2. The molecule has 4 atom stereocenters. The summed E-state index contributed by atoms with van der Waals surface area (Å²) in [5.41, 5.74) is 1.46. The lowest BCUT2D eigenvalue weighted by Gasteiger charge is -2.34. The van der Waals surface area contributed by atoms with Crippen LogP contribution in [0.2, 0.25) is 0 Å². The third kappa shape index (κ3) is 3.51. The van der Waals surface area contributed by atoms with E-state index in [1.807, 2.05) is 30.4 Å². The maximum atomic E-state index is 12.8. The molecule has 2 fully saturated rings. The van der Waals surface area contributed by atoms with Crippen molar-refractivity contribution in [1.82, 2.24) is 0 Å². The molecule has 0 unspecified atom stereocenters. The van der Waals surface area contributed by atoms with Crippen LogP contribution in [0.5, 0.6) is 0 Å². The Bertz CT molecular complexity index is 777. The second-order valence-electron chi connectivity index (χ2n) is 8.57. The number of hydrogen-bond donors (Lipinski definition) is 2. The minimum absolute atomic E-state index is 0.00604. The van der Waals surface area contributed by atoms with Crippen molar-refractivity contribution in [2.45, 2.75) is 26.6 Å². The summed E-state index contributed by atoms with van der Waals surface area (Å²) in [6, 6.07) is 7.37. The standard InChI is InChI=1S/C21H25NO5/c1-21(2)10-26-20(27-11-21)14-4-3-5-15(9-14)22-18(23)16-12-6-7-13(8-12)17(16)19(24)25/h3-7,9,12-13,16-17,20H,8,10-11H2,1-2H3,(H,22,23)(H,24,25)/t12-,13-,16-,17+/m0/s1. The van der Waals surface area contributed by atoms with Crippen molar-refractivity contribution < 1.29 is 24.2 Å². The highest BCUT2D eigenvalue weighted by Gasteiger charge is 2.51. The predicted octanol–water partition coefficient (Wildman–Crippen LogP) is 3.22. The van der Waals surface area contributed by atoms with Crippen LogP contribution in [-0.4, -0.2) is 30.2 Å². The molecule has 1 saturated heterocycles. The second kappa shape index (κ2) is 6.77. The molecule has 4 rings (SSSR count). The Morgan fingerprint density at radius 1 is 1.11 bits per heavy atom. The highest BCUT2D eigenvalue weighted by Crippen LogP contribution is 2.48. The highest BCUT2D eigenvalue weighted by molar-refractivity contribution is 5.96. The van der Waals surface area contributed by atoms with Crippen LogP contribution in [0, 0.1) is 29.1 Å². The van der Waals surface area contributed by atoms with E-state index < -0.39 is 24.1 Å². The SMILES string of the molecule is CC1(C)COC(c2cccc(NC(=O)[C@@H]3[C@H](C(=O)O)[C@H]4C=C[C@H]3C4)c2)OC1. The molecule has 6 nitrogen and oxygen atoms in total. The van der Waals surface area contributed by atoms with Crippen LogP contribution >= 0.6 is 0 Å². The van der Waals surface area contributed by atoms with Crippen molar-refractivity contribution in [3.8, 4) is 0 Å². The lowest BCUT2D eigenvalue weighted by atomic mass is 9.82. The molecule has 1 aromatic carbocycles. The van der Waals surface area contributed by atoms with Crippen LogP contribution in [0.1, 0.15) is 32.1 Å². The largest absolute Gasteiger partial charge is 0.481 e. The van der Waals surface area contributed by atoms with Crippen LogP contribution in [0.3, 0.4) is 0 Å². The number of amides is 1. The summed E-state index contributed by atoms with van der Waals surface area (Å²) in [5, 5.41) is 12.4. The number of fused-ring (bicyclic) bond motifs is 2. The summed E-state index contributed by atoms with van der Waals surface area (Å²) >= 11 is 0. The number of ether oxygens (including phenoxy) is 2. The molecular weight excluding hydrogens is 346 g/mol. The molecule has 2 aliphatic carbocycles. The summed E-state index contributed by atoms with van der Waals surface area (Å²) < 4.78 is 11.6. The van der Waals surface area contributed by atoms with Crippen LogP contribution < -0.4 is 5.32 Å². The number of carboxylic acids is 1. The smallest absolute Gasteiger partial charge is 0.307 e. The Morgan fingerprint density at radius 3 is 2.44 bits per heavy atom. The first-order valence-corrected chi connectivity index (χ1v) is 9.39. The zero-order valence-electron chi connectivity index (χ0n) is 15.6. The van der Waals surface area contributed by atoms with Crippen molar-refractivity contribution in [3.63, 3.8) is 0 Å². The molecule has 27 heavy (non-hydrogen) atoms. The Kier molecular flexibility index (Phi) is 4.56. The lowest BCUT2D eigenvalue weighted by molar-refractivity contribution is -0.226. The molecule has 1 heterocycles.